The SMILES string of the molecule is CNS(=O)(=O)CCNC1CCCC(C)C1C. The summed E-state index contributed by atoms with van der Waals surface area (Å²) in [7, 11) is -1.60. The van der Waals surface area contributed by atoms with Crippen LogP contribution in [0.25, 0.3) is 0 Å². The molecule has 16 heavy (non-hydrogen) atoms. The molecule has 0 heterocycles. The molecular formula is C11H24N2O2S. The Morgan fingerprint density at radius 3 is 2.56 bits per heavy atom. The molecule has 0 amide bonds. The van der Waals surface area contributed by atoms with Crippen molar-refractivity contribution in [3.63, 3.8) is 0 Å². The van der Waals surface area contributed by atoms with Gasteiger partial charge in [0.25, 0.3) is 0 Å². The Morgan fingerprint density at radius 2 is 1.94 bits per heavy atom. The number of hydrogen-bond donors (Lipinski definition) is 2. The molecule has 0 spiro atoms. The number of nitrogens with one attached hydrogen (secondary N) is 2. The van der Waals surface area contributed by atoms with E-state index in [1.165, 1.54) is 26.3 Å². The maximum Gasteiger partial charge on any atom is 0.212 e. The highest BCUT2D eigenvalue weighted by Gasteiger charge is 2.26. The molecule has 0 aromatic carbocycles. The second-order valence-corrected chi connectivity index (χ2v) is 6.90. The van der Waals surface area contributed by atoms with Crippen molar-refractivity contribution >= 4 is 10.0 Å². The molecule has 0 radical (unpaired) electrons. The molecule has 4 nitrogen and oxygen atoms in total. The third kappa shape index (κ3) is 4.03. The van der Waals surface area contributed by atoms with E-state index in [1.807, 2.05) is 0 Å². The fourth-order valence-corrected chi connectivity index (χ4v) is 2.94. The van der Waals surface area contributed by atoms with Crippen molar-refractivity contribution < 1.29 is 8.42 Å². The lowest BCUT2D eigenvalue weighted by atomic mass is 9.78. The fraction of sp³-hybridized carbons (Fsp3) is 1.00. The summed E-state index contributed by atoms with van der Waals surface area (Å²) in [6, 6.07) is 0.482. The van der Waals surface area contributed by atoms with Gasteiger partial charge in [-0.3, -0.25) is 0 Å². The molecular weight excluding hydrogens is 224 g/mol. The Morgan fingerprint density at radius 1 is 1.25 bits per heavy atom. The predicted octanol–water partition coefficient (Wildman–Crippen LogP) is 0.950. The number of rotatable bonds is 5. The minimum atomic E-state index is -3.06. The highest BCUT2D eigenvalue weighted by Crippen LogP contribution is 2.29. The van der Waals surface area contributed by atoms with E-state index in [0.717, 1.165) is 5.92 Å². The van der Waals surface area contributed by atoms with E-state index in [1.54, 1.807) is 0 Å². The zero-order valence-corrected chi connectivity index (χ0v) is 11.3. The first-order valence-corrected chi connectivity index (χ1v) is 7.76. The van der Waals surface area contributed by atoms with Gasteiger partial charge in [-0.1, -0.05) is 26.7 Å². The molecule has 1 fully saturated rings. The van der Waals surface area contributed by atoms with E-state index in [2.05, 4.69) is 23.9 Å². The van der Waals surface area contributed by atoms with Gasteiger partial charge in [-0.2, -0.15) is 0 Å². The summed E-state index contributed by atoms with van der Waals surface area (Å²) < 4.78 is 24.8. The zero-order valence-electron chi connectivity index (χ0n) is 10.5. The molecule has 1 aliphatic carbocycles. The molecule has 0 aromatic heterocycles. The van der Waals surface area contributed by atoms with Crippen molar-refractivity contribution in [3.05, 3.63) is 0 Å². The second kappa shape index (κ2) is 5.98. The van der Waals surface area contributed by atoms with Gasteiger partial charge < -0.3 is 5.32 Å². The molecule has 1 saturated carbocycles. The minimum absolute atomic E-state index is 0.168. The molecule has 0 bridgehead atoms. The van der Waals surface area contributed by atoms with Crippen LogP contribution in [0, 0.1) is 11.8 Å². The normalized spacial score (nSPS) is 31.6. The van der Waals surface area contributed by atoms with Crippen molar-refractivity contribution in [2.45, 2.75) is 39.2 Å². The van der Waals surface area contributed by atoms with Crippen LogP contribution in [0.4, 0.5) is 0 Å². The molecule has 0 saturated heterocycles. The van der Waals surface area contributed by atoms with Gasteiger partial charge in [-0.05, 0) is 25.3 Å². The lowest BCUT2D eigenvalue weighted by molar-refractivity contribution is 0.209. The smallest absolute Gasteiger partial charge is 0.212 e. The summed E-state index contributed by atoms with van der Waals surface area (Å²) in [5.74, 6) is 1.55. The summed E-state index contributed by atoms with van der Waals surface area (Å²) in [6.07, 6.45) is 3.72. The highest BCUT2D eigenvalue weighted by atomic mass is 32.2. The van der Waals surface area contributed by atoms with Crippen LogP contribution in [-0.4, -0.2) is 33.8 Å². The maximum atomic E-state index is 11.2. The van der Waals surface area contributed by atoms with Crippen LogP contribution in [0.2, 0.25) is 0 Å². The van der Waals surface area contributed by atoms with Crippen molar-refractivity contribution in [1.29, 1.82) is 0 Å². The van der Waals surface area contributed by atoms with Gasteiger partial charge >= 0.3 is 0 Å². The van der Waals surface area contributed by atoms with Gasteiger partial charge in [-0.15, -0.1) is 0 Å². The van der Waals surface area contributed by atoms with Crippen LogP contribution < -0.4 is 10.0 Å². The van der Waals surface area contributed by atoms with Crippen LogP contribution in [-0.2, 0) is 10.0 Å². The molecule has 3 atom stereocenters. The van der Waals surface area contributed by atoms with Crippen LogP contribution in [0.3, 0.4) is 0 Å². The van der Waals surface area contributed by atoms with Crippen LogP contribution in [0.15, 0.2) is 0 Å². The Balaban J connectivity index is 2.32. The Labute approximate surface area is 99.2 Å². The predicted molar refractivity (Wildman–Crippen MR) is 66.8 cm³/mol. The van der Waals surface area contributed by atoms with E-state index in [-0.39, 0.29) is 5.75 Å². The van der Waals surface area contributed by atoms with Gasteiger partial charge in [0.2, 0.25) is 10.0 Å². The average molecular weight is 248 g/mol. The van der Waals surface area contributed by atoms with E-state index in [4.69, 9.17) is 0 Å². The second-order valence-electron chi connectivity index (χ2n) is 4.85. The van der Waals surface area contributed by atoms with Crippen LogP contribution >= 0.6 is 0 Å². The van der Waals surface area contributed by atoms with Gasteiger partial charge in [0.05, 0.1) is 5.75 Å². The largest absolute Gasteiger partial charge is 0.313 e. The molecule has 2 N–H and O–H groups in total. The van der Waals surface area contributed by atoms with Crippen molar-refractivity contribution in [2.24, 2.45) is 11.8 Å². The quantitative estimate of drug-likeness (QED) is 0.761. The van der Waals surface area contributed by atoms with Crippen molar-refractivity contribution in [2.75, 3.05) is 19.3 Å². The van der Waals surface area contributed by atoms with Gasteiger partial charge in [0.1, 0.15) is 0 Å². The maximum absolute atomic E-state index is 11.2. The topological polar surface area (TPSA) is 58.2 Å². The Hall–Kier alpha value is -0.130. The lowest BCUT2D eigenvalue weighted by Gasteiger charge is -2.34. The van der Waals surface area contributed by atoms with Gasteiger partial charge in [0.15, 0.2) is 0 Å². The fourth-order valence-electron chi connectivity index (χ4n) is 2.35. The summed E-state index contributed by atoms with van der Waals surface area (Å²) in [5.41, 5.74) is 0. The first kappa shape index (κ1) is 13.9. The molecule has 0 aliphatic heterocycles. The third-order valence-corrected chi connectivity index (χ3v) is 5.16. The van der Waals surface area contributed by atoms with E-state index < -0.39 is 10.0 Å². The molecule has 96 valence electrons. The number of hydrogen-bond acceptors (Lipinski definition) is 3. The van der Waals surface area contributed by atoms with E-state index in [0.29, 0.717) is 18.5 Å². The first-order chi connectivity index (χ1) is 7.46. The number of sulfonamides is 1. The van der Waals surface area contributed by atoms with E-state index in [9.17, 15) is 8.42 Å². The summed E-state index contributed by atoms with van der Waals surface area (Å²) in [6.45, 7) is 5.09. The van der Waals surface area contributed by atoms with Crippen molar-refractivity contribution in [3.8, 4) is 0 Å². The summed E-state index contributed by atoms with van der Waals surface area (Å²) >= 11 is 0. The molecule has 3 unspecified atom stereocenters. The van der Waals surface area contributed by atoms with E-state index >= 15 is 0 Å². The monoisotopic (exact) mass is 248 g/mol. The zero-order chi connectivity index (χ0) is 12.2. The molecule has 0 aromatic rings. The van der Waals surface area contributed by atoms with Crippen LogP contribution in [0.1, 0.15) is 33.1 Å². The van der Waals surface area contributed by atoms with Crippen molar-refractivity contribution in [1.82, 2.24) is 10.0 Å². The Bertz CT molecular complexity index is 303. The highest BCUT2D eigenvalue weighted by molar-refractivity contribution is 7.89. The first-order valence-electron chi connectivity index (χ1n) is 6.11. The minimum Gasteiger partial charge on any atom is -0.313 e. The van der Waals surface area contributed by atoms with Gasteiger partial charge in [0, 0.05) is 12.6 Å². The summed E-state index contributed by atoms with van der Waals surface area (Å²) in [4.78, 5) is 0. The Kier molecular flexibility index (Phi) is 5.21. The van der Waals surface area contributed by atoms with Gasteiger partial charge in [-0.25, -0.2) is 13.1 Å². The lowest BCUT2D eigenvalue weighted by Crippen LogP contribution is -2.43. The third-order valence-electron chi connectivity index (χ3n) is 3.80. The molecule has 1 aliphatic rings. The standard InChI is InChI=1S/C11H24N2O2S/c1-9-5-4-6-11(10(9)2)13-7-8-16(14,15)12-3/h9-13H,4-8H2,1-3H3. The van der Waals surface area contributed by atoms with Crippen LogP contribution in [0.5, 0.6) is 0 Å². The molecule has 5 heteroatoms. The molecule has 1 rings (SSSR count). The summed E-state index contributed by atoms with van der Waals surface area (Å²) in [5, 5.41) is 3.37. The average Bonchev–Trinajstić information content (AvgIpc) is 2.24.